The lowest BCUT2D eigenvalue weighted by Crippen LogP contribution is -2.31. The van der Waals surface area contributed by atoms with Crippen molar-refractivity contribution in [1.29, 1.82) is 0 Å². The SMILES string of the molecule is CN(CCc1cccs1)CC(=O)Nc1cccc(N)c1. The van der Waals surface area contributed by atoms with Crippen molar-refractivity contribution < 1.29 is 4.79 Å². The number of nitrogens with two attached hydrogens (primary N) is 1. The van der Waals surface area contributed by atoms with Gasteiger partial charge in [-0.2, -0.15) is 0 Å². The smallest absolute Gasteiger partial charge is 0.238 e. The molecule has 2 aromatic rings. The minimum atomic E-state index is -0.0238. The Morgan fingerprint density at radius 1 is 1.35 bits per heavy atom. The van der Waals surface area contributed by atoms with Gasteiger partial charge in [-0.3, -0.25) is 9.69 Å². The van der Waals surface area contributed by atoms with Crippen molar-refractivity contribution in [1.82, 2.24) is 4.90 Å². The number of rotatable bonds is 6. The van der Waals surface area contributed by atoms with Crippen LogP contribution in [0.3, 0.4) is 0 Å². The number of thiophene rings is 1. The predicted molar refractivity (Wildman–Crippen MR) is 85.0 cm³/mol. The van der Waals surface area contributed by atoms with E-state index in [1.165, 1.54) is 4.88 Å². The molecule has 5 heteroatoms. The minimum absolute atomic E-state index is 0.0238. The van der Waals surface area contributed by atoms with Gasteiger partial charge in [-0.15, -0.1) is 11.3 Å². The zero-order valence-electron chi connectivity index (χ0n) is 11.5. The Bertz CT molecular complexity index is 554. The summed E-state index contributed by atoms with van der Waals surface area (Å²) in [7, 11) is 1.95. The number of nitrogen functional groups attached to an aromatic ring is 1. The average molecular weight is 289 g/mol. The fraction of sp³-hybridized carbons (Fsp3) is 0.267. The zero-order chi connectivity index (χ0) is 14.4. The summed E-state index contributed by atoms with van der Waals surface area (Å²) in [5, 5.41) is 4.92. The normalized spacial score (nSPS) is 10.7. The Hall–Kier alpha value is -1.85. The van der Waals surface area contributed by atoms with Crippen molar-refractivity contribution in [3.8, 4) is 0 Å². The maximum absolute atomic E-state index is 11.9. The molecule has 2 rings (SSSR count). The molecule has 20 heavy (non-hydrogen) atoms. The summed E-state index contributed by atoms with van der Waals surface area (Å²) in [5.41, 5.74) is 7.06. The van der Waals surface area contributed by atoms with Gasteiger partial charge in [0.2, 0.25) is 5.91 Å². The Morgan fingerprint density at radius 3 is 2.90 bits per heavy atom. The highest BCUT2D eigenvalue weighted by molar-refractivity contribution is 7.09. The van der Waals surface area contributed by atoms with E-state index < -0.39 is 0 Å². The third kappa shape index (κ3) is 4.68. The summed E-state index contributed by atoms with van der Waals surface area (Å²) in [6, 6.07) is 11.4. The van der Waals surface area contributed by atoms with Crippen LogP contribution in [0.1, 0.15) is 4.88 Å². The molecule has 0 fully saturated rings. The van der Waals surface area contributed by atoms with E-state index in [-0.39, 0.29) is 5.91 Å². The van der Waals surface area contributed by atoms with Gasteiger partial charge < -0.3 is 11.1 Å². The van der Waals surface area contributed by atoms with Gasteiger partial charge in [0, 0.05) is 22.8 Å². The number of benzene rings is 1. The lowest BCUT2D eigenvalue weighted by atomic mass is 10.3. The van der Waals surface area contributed by atoms with Gasteiger partial charge in [-0.25, -0.2) is 0 Å². The Balaban J connectivity index is 1.76. The quantitative estimate of drug-likeness (QED) is 0.803. The summed E-state index contributed by atoms with van der Waals surface area (Å²) < 4.78 is 0. The van der Waals surface area contributed by atoms with E-state index in [1.807, 2.05) is 30.1 Å². The maximum atomic E-state index is 11.9. The second-order valence-electron chi connectivity index (χ2n) is 4.74. The van der Waals surface area contributed by atoms with Crippen molar-refractivity contribution in [3.63, 3.8) is 0 Å². The first-order chi connectivity index (χ1) is 9.63. The summed E-state index contributed by atoms with van der Waals surface area (Å²) in [6.07, 6.45) is 0.972. The van der Waals surface area contributed by atoms with Crippen LogP contribution in [0.5, 0.6) is 0 Å². The van der Waals surface area contributed by atoms with Gasteiger partial charge in [0.1, 0.15) is 0 Å². The fourth-order valence-corrected chi connectivity index (χ4v) is 2.60. The number of amides is 1. The molecule has 0 aliphatic carbocycles. The lowest BCUT2D eigenvalue weighted by Gasteiger charge is -2.15. The molecule has 0 spiro atoms. The van der Waals surface area contributed by atoms with Crippen LogP contribution in [-0.4, -0.2) is 30.9 Å². The van der Waals surface area contributed by atoms with Crippen molar-refractivity contribution >= 4 is 28.6 Å². The van der Waals surface area contributed by atoms with E-state index in [4.69, 9.17) is 5.73 Å². The second kappa shape index (κ2) is 7.07. The molecule has 0 aliphatic rings. The van der Waals surface area contributed by atoms with E-state index in [2.05, 4.69) is 16.8 Å². The van der Waals surface area contributed by atoms with Gasteiger partial charge in [0.25, 0.3) is 0 Å². The molecule has 0 radical (unpaired) electrons. The summed E-state index contributed by atoms with van der Waals surface area (Å²) >= 11 is 1.75. The van der Waals surface area contributed by atoms with E-state index >= 15 is 0 Å². The number of nitrogens with one attached hydrogen (secondary N) is 1. The topological polar surface area (TPSA) is 58.4 Å². The molecule has 1 amide bonds. The lowest BCUT2D eigenvalue weighted by molar-refractivity contribution is -0.117. The molecule has 4 nitrogen and oxygen atoms in total. The van der Waals surface area contributed by atoms with Crippen LogP contribution in [0.15, 0.2) is 41.8 Å². The zero-order valence-corrected chi connectivity index (χ0v) is 12.3. The van der Waals surface area contributed by atoms with Crippen LogP contribution in [-0.2, 0) is 11.2 Å². The molecule has 0 saturated carbocycles. The first-order valence-corrected chi connectivity index (χ1v) is 7.38. The van der Waals surface area contributed by atoms with Gasteiger partial charge in [-0.1, -0.05) is 12.1 Å². The van der Waals surface area contributed by atoms with Gasteiger partial charge in [0.05, 0.1) is 6.54 Å². The maximum Gasteiger partial charge on any atom is 0.238 e. The van der Waals surface area contributed by atoms with Crippen LogP contribution >= 0.6 is 11.3 Å². The predicted octanol–water partition coefficient (Wildman–Crippen LogP) is 2.44. The van der Waals surface area contributed by atoms with Crippen molar-refractivity contribution in [2.45, 2.75) is 6.42 Å². The Labute approximate surface area is 123 Å². The monoisotopic (exact) mass is 289 g/mol. The van der Waals surface area contributed by atoms with E-state index in [9.17, 15) is 4.79 Å². The third-order valence-electron chi connectivity index (χ3n) is 2.90. The number of hydrogen-bond donors (Lipinski definition) is 2. The molecule has 0 aliphatic heterocycles. The van der Waals surface area contributed by atoms with Crippen molar-refractivity contribution in [3.05, 3.63) is 46.7 Å². The Kier molecular flexibility index (Phi) is 5.15. The molecule has 1 aromatic heterocycles. The summed E-state index contributed by atoms with van der Waals surface area (Å²) in [6.45, 7) is 1.24. The largest absolute Gasteiger partial charge is 0.399 e. The second-order valence-corrected chi connectivity index (χ2v) is 5.77. The first kappa shape index (κ1) is 14.6. The fourth-order valence-electron chi connectivity index (χ4n) is 1.90. The number of carbonyl (C=O) groups excluding carboxylic acids is 1. The summed E-state index contributed by atoms with van der Waals surface area (Å²) in [5.74, 6) is -0.0238. The van der Waals surface area contributed by atoms with E-state index in [0.29, 0.717) is 12.2 Å². The molecular weight excluding hydrogens is 270 g/mol. The molecule has 3 N–H and O–H groups in total. The third-order valence-corrected chi connectivity index (χ3v) is 3.84. The van der Waals surface area contributed by atoms with E-state index in [0.717, 1.165) is 18.7 Å². The standard InChI is InChI=1S/C15H19N3OS/c1-18(8-7-14-6-3-9-20-14)11-15(19)17-13-5-2-4-12(16)10-13/h2-6,9-10H,7-8,11,16H2,1H3,(H,17,19). The Morgan fingerprint density at radius 2 is 2.20 bits per heavy atom. The average Bonchev–Trinajstić information content (AvgIpc) is 2.89. The number of nitrogens with zero attached hydrogens (tertiary/aromatic N) is 1. The van der Waals surface area contributed by atoms with E-state index in [1.54, 1.807) is 23.5 Å². The summed E-state index contributed by atoms with van der Waals surface area (Å²) in [4.78, 5) is 15.3. The van der Waals surface area contributed by atoms with Crippen LogP contribution in [0.25, 0.3) is 0 Å². The number of carbonyl (C=O) groups is 1. The number of anilines is 2. The molecule has 0 saturated heterocycles. The molecular formula is C15H19N3OS. The van der Waals surface area contributed by atoms with Crippen LogP contribution < -0.4 is 11.1 Å². The highest BCUT2D eigenvalue weighted by atomic mass is 32.1. The van der Waals surface area contributed by atoms with Crippen molar-refractivity contribution in [2.75, 3.05) is 31.2 Å². The first-order valence-electron chi connectivity index (χ1n) is 6.50. The minimum Gasteiger partial charge on any atom is -0.399 e. The highest BCUT2D eigenvalue weighted by Gasteiger charge is 2.07. The molecule has 1 aromatic carbocycles. The van der Waals surface area contributed by atoms with Crippen LogP contribution in [0, 0.1) is 0 Å². The van der Waals surface area contributed by atoms with Crippen LogP contribution in [0.4, 0.5) is 11.4 Å². The van der Waals surface area contributed by atoms with Gasteiger partial charge in [0.15, 0.2) is 0 Å². The van der Waals surface area contributed by atoms with Crippen LogP contribution in [0.2, 0.25) is 0 Å². The molecule has 106 valence electrons. The highest BCUT2D eigenvalue weighted by Crippen LogP contribution is 2.12. The molecule has 0 atom stereocenters. The number of likely N-dealkylation sites (N-methyl/N-ethyl adjacent to an activating group) is 1. The van der Waals surface area contributed by atoms with Gasteiger partial charge in [-0.05, 0) is 43.1 Å². The molecule has 0 bridgehead atoms. The number of hydrogen-bond acceptors (Lipinski definition) is 4. The molecule has 1 heterocycles. The van der Waals surface area contributed by atoms with Crippen molar-refractivity contribution in [2.24, 2.45) is 0 Å². The van der Waals surface area contributed by atoms with Gasteiger partial charge >= 0.3 is 0 Å². The molecule has 0 unspecified atom stereocenters.